The van der Waals surface area contributed by atoms with Gasteiger partial charge in [0.05, 0.1) is 12.0 Å². The van der Waals surface area contributed by atoms with E-state index in [1.807, 2.05) is 34.6 Å². The van der Waals surface area contributed by atoms with Gasteiger partial charge >= 0.3 is 5.97 Å². The molecule has 0 aliphatic rings. The highest BCUT2D eigenvalue weighted by atomic mass is 32.2. The second-order valence-corrected chi connectivity index (χ2v) is 9.32. The van der Waals surface area contributed by atoms with E-state index in [1.165, 1.54) is 31.4 Å². The number of carboxylic acid groups (broad SMARTS) is 1. The summed E-state index contributed by atoms with van der Waals surface area (Å²) in [5, 5.41) is 10.2. The standard InChI is InChI=1S/C21H30O5S/c1-7-17(14-16(4)5)21(20(22)23,13-12-15(2)3)27(24,25)19-10-8-18(26-6)9-11-19/h8-12,14,17H,7,13H2,1-6H3,(H,22,23). The third-order valence-corrected chi connectivity index (χ3v) is 7.09. The molecule has 0 saturated carbocycles. The molecule has 5 nitrogen and oxygen atoms in total. The molecule has 0 bridgehead atoms. The Balaban J connectivity index is 3.78. The molecule has 1 N–H and O–H groups in total. The fourth-order valence-corrected chi connectivity index (χ4v) is 5.21. The predicted octanol–water partition coefficient (Wildman–Crippen LogP) is 4.64. The summed E-state index contributed by atoms with van der Waals surface area (Å²) < 4.78 is 30.3. The molecule has 0 amide bonds. The van der Waals surface area contributed by atoms with Crippen molar-refractivity contribution in [3.8, 4) is 5.75 Å². The van der Waals surface area contributed by atoms with Gasteiger partial charge in [0, 0.05) is 5.92 Å². The van der Waals surface area contributed by atoms with Gasteiger partial charge in [0.25, 0.3) is 0 Å². The number of ether oxygens (including phenoxy) is 1. The van der Waals surface area contributed by atoms with Crippen molar-refractivity contribution >= 4 is 15.8 Å². The fourth-order valence-electron chi connectivity index (χ4n) is 3.13. The number of aliphatic carboxylic acids is 1. The molecule has 6 heteroatoms. The van der Waals surface area contributed by atoms with Crippen molar-refractivity contribution < 1.29 is 23.1 Å². The molecule has 0 aliphatic carbocycles. The first-order chi connectivity index (χ1) is 12.5. The average Bonchev–Trinajstić information content (AvgIpc) is 2.60. The number of carbonyl (C=O) groups is 1. The van der Waals surface area contributed by atoms with Crippen molar-refractivity contribution in [1.82, 2.24) is 0 Å². The molecule has 1 aromatic carbocycles. The molecule has 0 spiro atoms. The Kier molecular flexibility index (Phi) is 7.84. The predicted molar refractivity (Wildman–Crippen MR) is 108 cm³/mol. The lowest BCUT2D eigenvalue weighted by Crippen LogP contribution is -2.51. The van der Waals surface area contributed by atoms with Gasteiger partial charge in [-0.25, -0.2) is 8.42 Å². The van der Waals surface area contributed by atoms with Crippen LogP contribution in [-0.4, -0.2) is 31.4 Å². The number of benzene rings is 1. The van der Waals surface area contributed by atoms with Crippen LogP contribution in [0.4, 0.5) is 0 Å². The topological polar surface area (TPSA) is 80.7 Å². The van der Waals surface area contributed by atoms with Gasteiger partial charge in [-0.05, 0) is 64.8 Å². The molecule has 1 rings (SSSR count). The fraction of sp³-hybridized carbons (Fsp3) is 0.476. The number of methoxy groups -OCH3 is 1. The number of sulfone groups is 1. The van der Waals surface area contributed by atoms with E-state index < -0.39 is 26.5 Å². The Morgan fingerprint density at radius 3 is 2.07 bits per heavy atom. The molecule has 0 aromatic heterocycles. The Morgan fingerprint density at radius 1 is 1.15 bits per heavy atom. The van der Waals surface area contributed by atoms with E-state index in [4.69, 9.17) is 4.74 Å². The largest absolute Gasteiger partial charge is 0.497 e. The summed E-state index contributed by atoms with van der Waals surface area (Å²) in [6, 6.07) is 5.87. The number of carboxylic acids is 1. The summed E-state index contributed by atoms with van der Waals surface area (Å²) >= 11 is 0. The second-order valence-electron chi connectivity index (χ2n) is 7.12. The maximum absolute atomic E-state index is 13.6. The van der Waals surface area contributed by atoms with Crippen molar-refractivity contribution in [2.45, 2.75) is 57.1 Å². The van der Waals surface area contributed by atoms with Crippen LogP contribution in [0.5, 0.6) is 5.75 Å². The summed E-state index contributed by atoms with van der Waals surface area (Å²) in [5.41, 5.74) is 1.76. The number of rotatable bonds is 9. The van der Waals surface area contributed by atoms with E-state index in [0.717, 1.165) is 11.1 Å². The molecule has 2 unspecified atom stereocenters. The monoisotopic (exact) mass is 394 g/mol. The Hall–Kier alpha value is -2.08. The summed E-state index contributed by atoms with van der Waals surface area (Å²) in [6.45, 7) is 9.16. The van der Waals surface area contributed by atoms with Crippen LogP contribution in [0.3, 0.4) is 0 Å². The van der Waals surface area contributed by atoms with Gasteiger partial charge in [-0.2, -0.15) is 0 Å². The normalized spacial score (nSPS) is 14.6. The van der Waals surface area contributed by atoms with Gasteiger partial charge in [-0.3, -0.25) is 4.79 Å². The first-order valence-electron chi connectivity index (χ1n) is 8.93. The van der Waals surface area contributed by atoms with E-state index in [9.17, 15) is 18.3 Å². The molecule has 0 saturated heterocycles. The lowest BCUT2D eigenvalue weighted by molar-refractivity contribution is -0.141. The van der Waals surface area contributed by atoms with Gasteiger partial charge in [-0.1, -0.05) is 30.2 Å². The highest BCUT2D eigenvalue weighted by Crippen LogP contribution is 2.40. The first-order valence-corrected chi connectivity index (χ1v) is 10.4. The Bertz CT molecular complexity index is 811. The Labute approximate surface area is 162 Å². The summed E-state index contributed by atoms with van der Waals surface area (Å²) in [7, 11) is -2.70. The van der Waals surface area contributed by atoms with Crippen LogP contribution < -0.4 is 4.74 Å². The molecule has 27 heavy (non-hydrogen) atoms. The Morgan fingerprint density at radius 2 is 1.70 bits per heavy atom. The minimum absolute atomic E-state index is 0.0199. The van der Waals surface area contributed by atoms with Crippen molar-refractivity contribution in [2.75, 3.05) is 7.11 Å². The van der Waals surface area contributed by atoms with Gasteiger partial charge in [0.15, 0.2) is 14.6 Å². The maximum atomic E-state index is 13.6. The zero-order valence-corrected chi connectivity index (χ0v) is 17.8. The molecular formula is C21H30O5S. The van der Waals surface area contributed by atoms with Crippen LogP contribution in [0, 0.1) is 5.92 Å². The van der Waals surface area contributed by atoms with Crippen LogP contribution >= 0.6 is 0 Å². The van der Waals surface area contributed by atoms with Crippen LogP contribution in [-0.2, 0) is 14.6 Å². The SMILES string of the molecule is CCC(C=C(C)C)C(CC=C(C)C)(C(=O)O)S(=O)(=O)c1ccc(OC)cc1. The third-order valence-electron chi connectivity index (χ3n) is 4.60. The van der Waals surface area contributed by atoms with Crippen LogP contribution in [0.15, 0.2) is 52.5 Å². The van der Waals surface area contributed by atoms with Crippen molar-refractivity contribution in [3.05, 3.63) is 47.6 Å². The van der Waals surface area contributed by atoms with E-state index in [2.05, 4.69) is 0 Å². The first kappa shape index (κ1) is 23.0. The van der Waals surface area contributed by atoms with E-state index in [0.29, 0.717) is 12.2 Å². The molecule has 0 aliphatic heterocycles. The summed E-state index contributed by atoms with van der Waals surface area (Å²) in [4.78, 5) is 12.5. The zero-order valence-electron chi connectivity index (χ0n) is 16.9. The van der Waals surface area contributed by atoms with E-state index >= 15 is 0 Å². The molecule has 150 valence electrons. The van der Waals surface area contributed by atoms with Gasteiger partial charge in [0.1, 0.15) is 5.75 Å². The molecule has 1 aromatic rings. The average molecular weight is 395 g/mol. The second kappa shape index (κ2) is 9.22. The third kappa shape index (κ3) is 4.80. The van der Waals surface area contributed by atoms with E-state index in [-0.39, 0.29) is 11.3 Å². The van der Waals surface area contributed by atoms with Crippen LogP contribution in [0.2, 0.25) is 0 Å². The zero-order chi connectivity index (χ0) is 20.8. The summed E-state index contributed by atoms with van der Waals surface area (Å²) in [6.07, 6.45) is 3.75. The number of hydrogen-bond donors (Lipinski definition) is 1. The lowest BCUT2D eigenvalue weighted by atomic mass is 9.84. The number of allylic oxidation sites excluding steroid dienone is 4. The van der Waals surface area contributed by atoms with Crippen molar-refractivity contribution in [1.29, 1.82) is 0 Å². The molecule has 0 radical (unpaired) electrons. The van der Waals surface area contributed by atoms with Crippen LogP contribution in [0.1, 0.15) is 47.5 Å². The maximum Gasteiger partial charge on any atom is 0.326 e. The van der Waals surface area contributed by atoms with Gasteiger partial charge < -0.3 is 9.84 Å². The quantitative estimate of drug-likeness (QED) is 0.617. The molecule has 0 heterocycles. The van der Waals surface area contributed by atoms with Crippen molar-refractivity contribution in [3.63, 3.8) is 0 Å². The summed E-state index contributed by atoms with van der Waals surface area (Å²) in [5.74, 6) is -1.49. The van der Waals surface area contributed by atoms with E-state index in [1.54, 1.807) is 12.2 Å². The van der Waals surface area contributed by atoms with Gasteiger partial charge in [-0.15, -0.1) is 0 Å². The molecule has 2 atom stereocenters. The van der Waals surface area contributed by atoms with Gasteiger partial charge in [0.2, 0.25) is 0 Å². The highest BCUT2D eigenvalue weighted by Gasteiger charge is 2.55. The minimum Gasteiger partial charge on any atom is -0.497 e. The van der Waals surface area contributed by atoms with Crippen molar-refractivity contribution in [2.24, 2.45) is 5.92 Å². The molecule has 0 fully saturated rings. The minimum atomic E-state index is -4.18. The van der Waals surface area contributed by atoms with Crippen LogP contribution in [0.25, 0.3) is 0 Å². The highest BCUT2D eigenvalue weighted by molar-refractivity contribution is 7.93. The smallest absolute Gasteiger partial charge is 0.326 e. The molecular weight excluding hydrogens is 364 g/mol. The lowest BCUT2D eigenvalue weighted by Gasteiger charge is -2.34. The number of hydrogen-bond acceptors (Lipinski definition) is 4.